The van der Waals surface area contributed by atoms with Crippen LogP contribution in [0.1, 0.15) is 40.0 Å². The number of halogens is 1. The first-order valence-corrected chi connectivity index (χ1v) is 13.0. The average Bonchev–Trinajstić information content (AvgIpc) is 2.70. The van der Waals surface area contributed by atoms with E-state index in [1.165, 1.54) is 17.8 Å². The zero-order chi connectivity index (χ0) is 16.0. The van der Waals surface area contributed by atoms with Crippen LogP contribution in [0.3, 0.4) is 0 Å². The zero-order valence-electron chi connectivity index (χ0n) is 13.1. The van der Waals surface area contributed by atoms with Gasteiger partial charge in [0.15, 0.2) is 0 Å². The van der Waals surface area contributed by atoms with E-state index in [4.69, 9.17) is 4.52 Å². The van der Waals surface area contributed by atoms with Gasteiger partial charge in [0, 0.05) is 14.1 Å². The molecule has 122 valence electrons. The van der Waals surface area contributed by atoms with Crippen molar-refractivity contribution in [2.45, 2.75) is 55.8 Å². The van der Waals surface area contributed by atoms with E-state index in [1.54, 1.807) is 11.4 Å². The molecular weight excluding hydrogens is 399 g/mol. The smallest absolute Gasteiger partial charge is 0.309 e. The Morgan fingerprint density at radius 1 is 1.41 bits per heavy atom. The third-order valence-electron chi connectivity index (χ3n) is 4.76. The first-order chi connectivity index (χ1) is 10.3. The number of fused-ring (bicyclic) bond motifs is 1. The molecule has 1 aliphatic heterocycles. The summed E-state index contributed by atoms with van der Waals surface area (Å²) in [6, 6.07) is 7.97. The molecule has 0 N–H and O–H groups in total. The Labute approximate surface area is 149 Å². The largest absolute Gasteiger partial charge is 0.318 e. The summed E-state index contributed by atoms with van der Waals surface area (Å²) in [6.45, 7) is 6.80. The zero-order valence-corrected chi connectivity index (χ0v) is 17.2. The Bertz CT molecular complexity index is 592. The van der Waals surface area contributed by atoms with Crippen molar-refractivity contribution in [3.8, 4) is 0 Å². The summed E-state index contributed by atoms with van der Waals surface area (Å²) < 4.78 is 20.4. The fraction of sp³-hybridized carbons (Fsp3) is 0.625. The van der Waals surface area contributed by atoms with E-state index in [0.29, 0.717) is 11.8 Å². The molecular formula is C16H22BrO2PS2. The second-order valence-electron chi connectivity index (χ2n) is 6.77. The second-order valence-corrected chi connectivity index (χ2v) is 15.2. The topological polar surface area (TPSA) is 26.3 Å². The van der Waals surface area contributed by atoms with E-state index >= 15 is 0 Å². The minimum Gasteiger partial charge on any atom is -0.309 e. The lowest BCUT2D eigenvalue weighted by Gasteiger charge is -2.38. The molecule has 1 aromatic carbocycles. The monoisotopic (exact) mass is 420 g/mol. The van der Waals surface area contributed by atoms with Gasteiger partial charge in [0.05, 0.1) is 6.10 Å². The molecule has 2 fully saturated rings. The summed E-state index contributed by atoms with van der Waals surface area (Å²) in [5.74, 6) is -1.34. The third-order valence-corrected chi connectivity index (χ3v) is 12.7. The van der Waals surface area contributed by atoms with Crippen LogP contribution >= 0.6 is 44.5 Å². The summed E-state index contributed by atoms with van der Waals surface area (Å²) in [5.41, 5.74) is 0. The maximum atomic E-state index is 13.2. The lowest BCUT2D eigenvalue weighted by atomic mass is 9.75. The lowest BCUT2D eigenvalue weighted by Crippen LogP contribution is -2.40. The Kier molecular flexibility index (Phi) is 5.13. The van der Waals surface area contributed by atoms with E-state index < -0.39 is 5.77 Å². The van der Waals surface area contributed by atoms with Crippen molar-refractivity contribution in [1.82, 2.24) is 0 Å². The summed E-state index contributed by atoms with van der Waals surface area (Å²) in [4.78, 5) is 1.02. The van der Waals surface area contributed by atoms with Crippen molar-refractivity contribution >= 4 is 44.5 Å². The Morgan fingerprint density at radius 2 is 2.09 bits per heavy atom. The van der Waals surface area contributed by atoms with Gasteiger partial charge in [0.2, 0.25) is 0 Å². The number of hydrogen-bond acceptors (Lipinski definition) is 4. The second kappa shape index (κ2) is 6.48. The molecule has 2 aliphatic rings. The predicted octanol–water partition coefficient (Wildman–Crippen LogP) is 7.00. The van der Waals surface area contributed by atoms with Crippen molar-refractivity contribution in [3.05, 3.63) is 28.7 Å². The van der Waals surface area contributed by atoms with E-state index in [9.17, 15) is 4.57 Å². The Balaban J connectivity index is 1.74. The van der Waals surface area contributed by atoms with Crippen LogP contribution in [0.15, 0.2) is 33.6 Å². The molecule has 1 aromatic rings. The normalized spacial score (nSPS) is 38.2. The van der Waals surface area contributed by atoms with Gasteiger partial charge in [0.25, 0.3) is 0 Å². The van der Waals surface area contributed by atoms with Crippen molar-refractivity contribution in [2.75, 3.05) is 0 Å². The summed E-state index contributed by atoms with van der Waals surface area (Å²) in [6.07, 6.45) is 3.51. The highest BCUT2D eigenvalue weighted by atomic mass is 79.9. The highest BCUT2D eigenvalue weighted by Gasteiger charge is 2.55. The summed E-state index contributed by atoms with van der Waals surface area (Å²) >= 11 is 6.44. The number of benzene rings is 1. The fourth-order valence-corrected chi connectivity index (χ4v) is 12.8. The molecule has 1 saturated heterocycles. The molecule has 22 heavy (non-hydrogen) atoms. The van der Waals surface area contributed by atoms with Gasteiger partial charge in [-0.15, -0.1) is 0 Å². The first kappa shape index (κ1) is 17.4. The molecule has 0 aromatic heterocycles. The molecule has 2 nitrogen and oxygen atoms in total. The Hall–Kier alpha value is 0.590. The average molecular weight is 421 g/mol. The van der Waals surface area contributed by atoms with Crippen molar-refractivity contribution < 1.29 is 9.09 Å². The van der Waals surface area contributed by atoms with Crippen LogP contribution in [0.5, 0.6) is 0 Å². The quantitative estimate of drug-likeness (QED) is 0.491. The molecule has 6 heteroatoms. The van der Waals surface area contributed by atoms with Crippen LogP contribution < -0.4 is 0 Å². The molecule has 1 saturated carbocycles. The van der Waals surface area contributed by atoms with Gasteiger partial charge in [0.1, 0.15) is 0 Å². The third kappa shape index (κ3) is 3.64. The van der Waals surface area contributed by atoms with Gasteiger partial charge in [-0.25, -0.2) is 0 Å². The van der Waals surface area contributed by atoms with E-state index in [2.05, 4.69) is 36.7 Å². The SMILES string of the molecule is CC(C)[C@@H]1CC[C@]2(C)SP(=O)(Sc3ccc(Br)cc3)O[C@H]2C1. The standard InChI is InChI=1S/C16H22BrO2PS2/c1-11(2)12-8-9-16(3)15(10-12)19-20(18,22-16)21-14-6-4-13(17)5-7-14/h4-7,11-12,15H,8-10H2,1-3H3/t12-,15+,16+,20?/m1/s1. The summed E-state index contributed by atoms with van der Waals surface area (Å²) in [5, 5.41) is 0. The van der Waals surface area contributed by atoms with Gasteiger partial charge in [-0.05, 0) is 85.1 Å². The maximum Gasteiger partial charge on any atom is 0.318 e. The minimum atomic E-state index is -2.72. The molecule has 0 spiro atoms. The van der Waals surface area contributed by atoms with Crippen LogP contribution in [-0.2, 0) is 9.09 Å². The van der Waals surface area contributed by atoms with Crippen LogP contribution in [0.2, 0.25) is 0 Å². The maximum absolute atomic E-state index is 13.2. The summed E-state index contributed by atoms with van der Waals surface area (Å²) in [7, 11) is 0. The number of rotatable bonds is 3. The molecule has 0 amide bonds. The Morgan fingerprint density at radius 3 is 2.73 bits per heavy atom. The van der Waals surface area contributed by atoms with E-state index in [-0.39, 0.29) is 10.9 Å². The molecule has 1 aliphatic carbocycles. The van der Waals surface area contributed by atoms with Gasteiger partial charge < -0.3 is 4.52 Å². The molecule has 3 rings (SSSR count). The van der Waals surface area contributed by atoms with Crippen molar-refractivity contribution in [1.29, 1.82) is 0 Å². The molecule has 1 unspecified atom stereocenters. The highest BCUT2D eigenvalue weighted by Crippen LogP contribution is 2.82. The lowest BCUT2D eigenvalue weighted by molar-refractivity contribution is 0.0947. The van der Waals surface area contributed by atoms with Crippen molar-refractivity contribution in [3.63, 3.8) is 0 Å². The van der Waals surface area contributed by atoms with Crippen LogP contribution in [0.25, 0.3) is 0 Å². The molecule has 0 bridgehead atoms. The van der Waals surface area contributed by atoms with Gasteiger partial charge in [-0.2, -0.15) is 0 Å². The molecule has 0 radical (unpaired) electrons. The first-order valence-electron chi connectivity index (χ1n) is 7.74. The van der Waals surface area contributed by atoms with Crippen molar-refractivity contribution in [2.24, 2.45) is 11.8 Å². The minimum absolute atomic E-state index is 0.0171. The molecule has 4 atom stereocenters. The fourth-order valence-electron chi connectivity index (χ4n) is 3.24. The van der Waals surface area contributed by atoms with Gasteiger partial charge in [-0.3, -0.25) is 4.57 Å². The van der Waals surface area contributed by atoms with Gasteiger partial charge >= 0.3 is 5.77 Å². The highest BCUT2D eigenvalue weighted by molar-refractivity contribution is 9.10. The number of hydrogen-bond donors (Lipinski definition) is 0. The van der Waals surface area contributed by atoms with Gasteiger partial charge in [-0.1, -0.05) is 29.8 Å². The predicted molar refractivity (Wildman–Crippen MR) is 101 cm³/mol. The van der Waals surface area contributed by atoms with Crippen LogP contribution in [0.4, 0.5) is 0 Å². The van der Waals surface area contributed by atoms with E-state index in [0.717, 1.165) is 22.2 Å². The van der Waals surface area contributed by atoms with Crippen LogP contribution in [-0.4, -0.2) is 10.9 Å². The van der Waals surface area contributed by atoms with Crippen LogP contribution in [0, 0.1) is 11.8 Å². The van der Waals surface area contributed by atoms with E-state index in [1.807, 2.05) is 24.3 Å². The molecule has 1 heterocycles.